The number of primary amides is 1. The van der Waals surface area contributed by atoms with Crippen molar-refractivity contribution in [3.63, 3.8) is 0 Å². The number of anilines is 1. The van der Waals surface area contributed by atoms with E-state index >= 15 is 0 Å². The van der Waals surface area contributed by atoms with E-state index in [1.165, 1.54) is 0 Å². The van der Waals surface area contributed by atoms with Gasteiger partial charge < -0.3 is 20.0 Å². The van der Waals surface area contributed by atoms with Gasteiger partial charge in [-0.1, -0.05) is 12.1 Å². The molecule has 0 saturated carbocycles. The fourth-order valence-corrected chi connectivity index (χ4v) is 1.88. The van der Waals surface area contributed by atoms with Crippen LogP contribution in [0, 0.1) is 6.20 Å². The zero-order valence-corrected chi connectivity index (χ0v) is 10.5. The highest BCUT2D eigenvalue weighted by Gasteiger charge is 2.09. The molecule has 0 aliphatic rings. The molecule has 3 N–H and O–H groups in total. The lowest BCUT2D eigenvalue weighted by Crippen LogP contribution is -2.20. The molecule has 0 spiro atoms. The molecule has 0 unspecified atom stereocenters. The molecule has 1 radical (unpaired) electrons. The number of benzene rings is 1. The summed E-state index contributed by atoms with van der Waals surface area (Å²) in [6, 6.07) is 7.95. The summed E-state index contributed by atoms with van der Waals surface area (Å²) in [5.41, 5.74) is 6.72. The molecule has 101 valence electrons. The molecule has 1 amide bonds. The smallest absolute Gasteiger partial charge is 0.295 e. The molecule has 2 aromatic heterocycles. The van der Waals surface area contributed by atoms with Crippen LogP contribution in [0.1, 0.15) is 10.6 Å². The molecular formula is C13H12N5O2. The van der Waals surface area contributed by atoms with Gasteiger partial charge in [-0.05, 0) is 12.1 Å². The lowest BCUT2D eigenvalue weighted by Gasteiger charge is -2.05. The molecule has 3 aromatic rings. The Morgan fingerprint density at radius 1 is 1.45 bits per heavy atom. The Kier molecular flexibility index (Phi) is 3.08. The lowest BCUT2D eigenvalue weighted by atomic mass is 10.3. The third-order valence-corrected chi connectivity index (χ3v) is 2.80. The second kappa shape index (κ2) is 5.04. The molecule has 0 bridgehead atoms. The van der Waals surface area contributed by atoms with E-state index in [4.69, 9.17) is 10.2 Å². The van der Waals surface area contributed by atoms with Gasteiger partial charge in [0.25, 0.3) is 11.9 Å². The standard InChI is InChI=1S/C13H12N5O2/c14-11(19)12-15-5-7-18(12)8-6-16-13-17-9-3-1-2-4-10(9)20-13/h1-4,7H,6,8H2,(H2,14,19)(H,16,17). The number of carbonyl (C=O) groups is 1. The second-order valence-electron chi connectivity index (χ2n) is 4.16. The number of aromatic nitrogens is 3. The van der Waals surface area contributed by atoms with E-state index in [9.17, 15) is 4.79 Å². The Morgan fingerprint density at radius 3 is 3.10 bits per heavy atom. The van der Waals surface area contributed by atoms with Crippen molar-refractivity contribution in [1.29, 1.82) is 0 Å². The normalized spacial score (nSPS) is 10.8. The van der Waals surface area contributed by atoms with Crippen LogP contribution in [0.3, 0.4) is 0 Å². The van der Waals surface area contributed by atoms with Crippen molar-refractivity contribution >= 4 is 23.0 Å². The van der Waals surface area contributed by atoms with E-state index < -0.39 is 5.91 Å². The number of hydrogen-bond donors (Lipinski definition) is 2. The van der Waals surface area contributed by atoms with E-state index in [0.717, 1.165) is 11.1 Å². The van der Waals surface area contributed by atoms with Crippen LogP contribution in [0.2, 0.25) is 0 Å². The van der Waals surface area contributed by atoms with Gasteiger partial charge in [-0.15, -0.1) is 0 Å². The maximum atomic E-state index is 11.1. The Hall–Kier alpha value is -2.83. The van der Waals surface area contributed by atoms with Crippen LogP contribution in [0.25, 0.3) is 11.1 Å². The van der Waals surface area contributed by atoms with Crippen LogP contribution in [-0.4, -0.2) is 27.0 Å². The minimum atomic E-state index is -0.576. The first-order valence-electron chi connectivity index (χ1n) is 6.06. The summed E-state index contributed by atoms with van der Waals surface area (Å²) in [6.07, 6.45) is 4.17. The summed E-state index contributed by atoms with van der Waals surface area (Å²) in [7, 11) is 0. The Labute approximate surface area is 114 Å². The molecular weight excluding hydrogens is 258 g/mol. The minimum Gasteiger partial charge on any atom is -0.424 e. The highest BCUT2D eigenvalue weighted by Crippen LogP contribution is 2.17. The highest BCUT2D eigenvalue weighted by atomic mass is 16.4. The summed E-state index contributed by atoms with van der Waals surface area (Å²) in [5.74, 6) is -0.391. The predicted octanol–water partition coefficient (Wildman–Crippen LogP) is 1.04. The number of oxazole rings is 1. The average molecular weight is 270 g/mol. The van der Waals surface area contributed by atoms with Crippen molar-refractivity contribution in [2.45, 2.75) is 6.54 Å². The number of rotatable bonds is 5. The number of nitrogens with zero attached hydrogens (tertiary/aromatic N) is 3. The van der Waals surface area contributed by atoms with Crippen LogP contribution in [0.15, 0.2) is 34.9 Å². The van der Waals surface area contributed by atoms with E-state index in [1.54, 1.807) is 10.8 Å². The summed E-state index contributed by atoms with van der Waals surface area (Å²) in [4.78, 5) is 19.2. The summed E-state index contributed by atoms with van der Waals surface area (Å²) >= 11 is 0. The molecule has 0 aliphatic heterocycles. The first-order chi connectivity index (χ1) is 9.74. The SMILES string of the molecule is NC(=O)c1n[c]cn1CCNc1nc2ccccc2o1. The zero-order chi connectivity index (χ0) is 13.9. The third kappa shape index (κ3) is 2.33. The molecule has 0 saturated heterocycles. The number of hydrogen-bond acceptors (Lipinski definition) is 5. The molecule has 20 heavy (non-hydrogen) atoms. The molecule has 7 heteroatoms. The summed E-state index contributed by atoms with van der Waals surface area (Å²) < 4.78 is 7.14. The number of carbonyl (C=O) groups excluding carboxylic acids is 1. The number of nitrogens with one attached hydrogen (secondary N) is 1. The number of imidazole rings is 1. The molecule has 2 heterocycles. The molecule has 7 nitrogen and oxygen atoms in total. The van der Waals surface area contributed by atoms with E-state index in [2.05, 4.69) is 21.5 Å². The van der Waals surface area contributed by atoms with Crippen molar-refractivity contribution in [2.24, 2.45) is 5.73 Å². The molecule has 3 rings (SSSR count). The van der Waals surface area contributed by atoms with Crippen molar-refractivity contribution in [3.05, 3.63) is 42.5 Å². The lowest BCUT2D eigenvalue weighted by molar-refractivity contribution is 0.0986. The largest absolute Gasteiger partial charge is 0.424 e. The van der Waals surface area contributed by atoms with Crippen LogP contribution >= 0.6 is 0 Å². The van der Waals surface area contributed by atoms with Gasteiger partial charge in [-0.25, -0.2) is 4.98 Å². The Balaban J connectivity index is 1.65. The van der Waals surface area contributed by atoms with Crippen LogP contribution in [-0.2, 0) is 6.54 Å². The fraction of sp³-hybridized carbons (Fsp3) is 0.154. The minimum absolute atomic E-state index is 0.185. The topological polar surface area (TPSA) is 99.0 Å². The van der Waals surface area contributed by atoms with Crippen molar-refractivity contribution in [2.75, 3.05) is 11.9 Å². The van der Waals surface area contributed by atoms with Gasteiger partial charge in [0, 0.05) is 19.3 Å². The van der Waals surface area contributed by atoms with E-state index in [-0.39, 0.29) is 5.82 Å². The van der Waals surface area contributed by atoms with Crippen LogP contribution in [0.4, 0.5) is 6.01 Å². The maximum Gasteiger partial charge on any atom is 0.295 e. The molecule has 0 atom stereocenters. The van der Waals surface area contributed by atoms with Crippen LogP contribution in [0.5, 0.6) is 0 Å². The van der Waals surface area contributed by atoms with Crippen molar-refractivity contribution < 1.29 is 9.21 Å². The van der Waals surface area contributed by atoms with Gasteiger partial charge in [0.05, 0.1) is 0 Å². The highest BCUT2D eigenvalue weighted by molar-refractivity contribution is 5.89. The summed E-state index contributed by atoms with van der Waals surface area (Å²) in [5, 5.41) is 3.05. The first kappa shape index (κ1) is 12.2. The monoisotopic (exact) mass is 270 g/mol. The quantitative estimate of drug-likeness (QED) is 0.721. The van der Waals surface area contributed by atoms with E-state index in [1.807, 2.05) is 24.3 Å². The molecule has 0 aliphatic carbocycles. The third-order valence-electron chi connectivity index (χ3n) is 2.80. The van der Waals surface area contributed by atoms with Gasteiger partial charge in [0.2, 0.25) is 0 Å². The number of fused-ring (bicyclic) bond motifs is 1. The zero-order valence-electron chi connectivity index (χ0n) is 10.5. The Bertz CT molecular complexity index is 713. The van der Waals surface area contributed by atoms with Gasteiger partial charge in [0.1, 0.15) is 11.7 Å². The summed E-state index contributed by atoms with van der Waals surface area (Å²) in [6.45, 7) is 1.03. The van der Waals surface area contributed by atoms with Crippen LogP contribution < -0.4 is 11.1 Å². The van der Waals surface area contributed by atoms with Gasteiger partial charge >= 0.3 is 0 Å². The van der Waals surface area contributed by atoms with Crippen molar-refractivity contribution in [1.82, 2.24) is 14.5 Å². The van der Waals surface area contributed by atoms with Gasteiger partial charge in [-0.2, -0.15) is 4.98 Å². The molecule has 1 aromatic carbocycles. The van der Waals surface area contributed by atoms with E-state index in [0.29, 0.717) is 19.1 Å². The van der Waals surface area contributed by atoms with Gasteiger partial charge in [0.15, 0.2) is 11.4 Å². The number of amides is 1. The number of nitrogens with two attached hydrogens (primary N) is 1. The number of para-hydroxylation sites is 2. The second-order valence-corrected chi connectivity index (χ2v) is 4.16. The fourth-order valence-electron chi connectivity index (χ4n) is 1.88. The molecule has 0 fully saturated rings. The predicted molar refractivity (Wildman–Crippen MR) is 72.1 cm³/mol. The Morgan fingerprint density at radius 2 is 2.30 bits per heavy atom. The first-order valence-corrected chi connectivity index (χ1v) is 6.06. The van der Waals surface area contributed by atoms with Gasteiger partial charge in [-0.3, -0.25) is 4.79 Å². The maximum absolute atomic E-state index is 11.1. The average Bonchev–Trinajstić information content (AvgIpc) is 3.04. The van der Waals surface area contributed by atoms with Crippen molar-refractivity contribution in [3.8, 4) is 0 Å².